The topological polar surface area (TPSA) is 68.3 Å². The summed E-state index contributed by atoms with van der Waals surface area (Å²) in [7, 11) is 1.63. The Bertz CT molecular complexity index is 1010. The van der Waals surface area contributed by atoms with Crippen molar-refractivity contribution in [1.82, 2.24) is 0 Å². The second kappa shape index (κ2) is 5.59. The molecule has 0 saturated carbocycles. The average Bonchev–Trinajstić information content (AvgIpc) is 2.98. The first-order valence-corrected chi connectivity index (χ1v) is 8.28. The van der Waals surface area contributed by atoms with Crippen LogP contribution in [0.2, 0.25) is 0 Å². The Morgan fingerprint density at radius 2 is 1.92 bits per heavy atom. The first-order chi connectivity index (χ1) is 11.7. The number of nitrogens with two attached hydrogens (primary N) is 1. The van der Waals surface area contributed by atoms with Gasteiger partial charge in [0.05, 0.1) is 17.9 Å². The molecule has 4 nitrogen and oxygen atoms in total. The number of methoxy groups -OCH3 is 1. The van der Waals surface area contributed by atoms with Crippen LogP contribution >= 0.6 is 11.3 Å². The molecule has 0 bridgehead atoms. The summed E-state index contributed by atoms with van der Waals surface area (Å²) >= 11 is 1.62. The molecule has 118 valence electrons. The molecule has 0 fully saturated rings. The minimum Gasteiger partial charge on any atom is -0.496 e. The highest BCUT2D eigenvalue weighted by molar-refractivity contribution is 7.19. The predicted molar refractivity (Wildman–Crippen MR) is 94.1 cm³/mol. The monoisotopic (exact) mass is 334 g/mol. The first kappa shape index (κ1) is 14.6. The van der Waals surface area contributed by atoms with E-state index >= 15 is 0 Å². The second-order valence-corrected chi connectivity index (χ2v) is 6.54. The van der Waals surface area contributed by atoms with Gasteiger partial charge in [-0.3, -0.25) is 0 Å². The summed E-state index contributed by atoms with van der Waals surface area (Å²) in [5.74, 6) is 1.34. The number of hydrogen-bond donors (Lipinski definition) is 1. The van der Waals surface area contributed by atoms with Crippen LogP contribution < -0.4 is 15.2 Å². The zero-order chi connectivity index (χ0) is 16.7. The van der Waals surface area contributed by atoms with Crippen molar-refractivity contribution in [3.63, 3.8) is 0 Å². The van der Waals surface area contributed by atoms with E-state index in [1.807, 2.05) is 48.5 Å². The van der Waals surface area contributed by atoms with Crippen molar-refractivity contribution >= 4 is 21.4 Å². The SMILES string of the molecule is COc1ccccc1[C@H]1C(C#N)=C(N)Oc2c1sc1ccccc21. The molecule has 3 aromatic rings. The molecule has 0 spiro atoms. The van der Waals surface area contributed by atoms with Gasteiger partial charge in [0, 0.05) is 15.6 Å². The number of ether oxygens (including phenoxy) is 2. The summed E-state index contributed by atoms with van der Waals surface area (Å²) in [5.41, 5.74) is 7.40. The van der Waals surface area contributed by atoms with Gasteiger partial charge < -0.3 is 15.2 Å². The molecule has 0 unspecified atom stereocenters. The summed E-state index contributed by atoms with van der Waals surface area (Å²) in [6.07, 6.45) is 0. The van der Waals surface area contributed by atoms with Crippen LogP contribution in [0, 0.1) is 11.3 Å². The number of fused-ring (bicyclic) bond motifs is 3. The Morgan fingerprint density at radius 1 is 1.17 bits per heavy atom. The van der Waals surface area contributed by atoms with Crippen molar-refractivity contribution in [1.29, 1.82) is 5.26 Å². The lowest BCUT2D eigenvalue weighted by Gasteiger charge is -2.25. The van der Waals surface area contributed by atoms with E-state index in [1.165, 1.54) is 0 Å². The molecule has 2 N–H and O–H groups in total. The highest BCUT2D eigenvalue weighted by Crippen LogP contribution is 2.51. The van der Waals surface area contributed by atoms with Gasteiger partial charge in [-0.25, -0.2) is 0 Å². The Labute approximate surface area is 143 Å². The van der Waals surface area contributed by atoms with Gasteiger partial charge >= 0.3 is 0 Å². The van der Waals surface area contributed by atoms with E-state index in [0.717, 1.165) is 32.0 Å². The van der Waals surface area contributed by atoms with Gasteiger partial charge in [0.25, 0.3) is 0 Å². The number of rotatable bonds is 2. The number of allylic oxidation sites excluding steroid dienone is 1. The van der Waals surface area contributed by atoms with Crippen molar-refractivity contribution in [2.45, 2.75) is 5.92 Å². The van der Waals surface area contributed by atoms with Gasteiger partial charge in [0.15, 0.2) is 5.75 Å². The van der Waals surface area contributed by atoms with Crippen molar-refractivity contribution in [3.8, 4) is 17.6 Å². The van der Waals surface area contributed by atoms with E-state index in [-0.39, 0.29) is 11.8 Å². The summed E-state index contributed by atoms with van der Waals surface area (Å²) in [6.45, 7) is 0. The van der Waals surface area contributed by atoms with Gasteiger partial charge in [0.1, 0.15) is 17.4 Å². The van der Waals surface area contributed by atoms with Crippen LogP contribution in [0.1, 0.15) is 16.4 Å². The molecule has 1 aliphatic rings. The average molecular weight is 334 g/mol. The maximum absolute atomic E-state index is 9.65. The fourth-order valence-electron chi connectivity index (χ4n) is 3.10. The summed E-state index contributed by atoms with van der Waals surface area (Å²) in [4.78, 5) is 0.978. The van der Waals surface area contributed by atoms with Gasteiger partial charge in [0.2, 0.25) is 5.88 Å². The molecule has 5 heteroatoms. The molecule has 2 heterocycles. The number of nitrogens with zero attached hydrogens (tertiary/aromatic N) is 1. The lowest BCUT2D eigenvalue weighted by atomic mass is 9.88. The number of benzene rings is 2. The number of nitriles is 1. The highest BCUT2D eigenvalue weighted by Gasteiger charge is 2.35. The molecule has 2 aromatic carbocycles. The number of para-hydroxylation sites is 1. The minimum absolute atomic E-state index is 0.157. The van der Waals surface area contributed by atoms with Gasteiger partial charge in [-0.05, 0) is 18.2 Å². The van der Waals surface area contributed by atoms with Crippen LogP contribution in [-0.2, 0) is 0 Å². The van der Waals surface area contributed by atoms with Crippen molar-refractivity contribution in [2.24, 2.45) is 5.73 Å². The van der Waals surface area contributed by atoms with Crippen LogP contribution in [0.4, 0.5) is 0 Å². The largest absolute Gasteiger partial charge is 0.496 e. The summed E-state index contributed by atoms with van der Waals surface area (Å²) < 4.78 is 12.4. The van der Waals surface area contributed by atoms with E-state index < -0.39 is 0 Å². The maximum Gasteiger partial charge on any atom is 0.205 e. The third-order valence-corrected chi connectivity index (χ3v) is 5.39. The molecule has 1 aliphatic heterocycles. The van der Waals surface area contributed by atoms with E-state index in [2.05, 4.69) is 6.07 Å². The van der Waals surface area contributed by atoms with Crippen LogP contribution in [-0.4, -0.2) is 7.11 Å². The normalized spacial score (nSPS) is 16.4. The van der Waals surface area contributed by atoms with Crippen molar-refractivity contribution in [3.05, 3.63) is 70.4 Å². The minimum atomic E-state index is -0.285. The third-order valence-electron chi connectivity index (χ3n) is 4.17. The Hall–Kier alpha value is -2.97. The molecule has 0 radical (unpaired) electrons. The standard InChI is InChI=1S/C19H14N2O2S/c1-22-14-8-4-2-6-11(14)16-13(10-20)19(21)23-17-12-7-3-5-9-15(12)24-18(16)17/h2-9,16H,21H2,1H3/t16-/m0/s1. The lowest BCUT2D eigenvalue weighted by Crippen LogP contribution is -2.20. The van der Waals surface area contributed by atoms with Gasteiger partial charge in [-0.1, -0.05) is 30.3 Å². The third kappa shape index (κ3) is 2.04. The Morgan fingerprint density at radius 3 is 2.71 bits per heavy atom. The number of thiophene rings is 1. The van der Waals surface area contributed by atoms with Gasteiger partial charge in [-0.2, -0.15) is 5.26 Å². The lowest BCUT2D eigenvalue weighted by molar-refractivity contribution is 0.393. The molecular formula is C19H14N2O2S. The molecule has 0 amide bonds. The second-order valence-electron chi connectivity index (χ2n) is 5.46. The molecule has 0 aliphatic carbocycles. The fourth-order valence-corrected chi connectivity index (χ4v) is 4.36. The molecule has 24 heavy (non-hydrogen) atoms. The number of hydrogen-bond acceptors (Lipinski definition) is 5. The molecule has 4 rings (SSSR count). The summed E-state index contributed by atoms with van der Waals surface area (Å²) in [6, 6.07) is 17.9. The summed E-state index contributed by atoms with van der Waals surface area (Å²) in [5, 5.41) is 10.7. The van der Waals surface area contributed by atoms with Gasteiger partial charge in [-0.15, -0.1) is 11.3 Å². The molecular weight excluding hydrogens is 320 g/mol. The molecule has 0 saturated heterocycles. The van der Waals surface area contributed by atoms with Crippen molar-refractivity contribution in [2.75, 3.05) is 7.11 Å². The quantitative estimate of drug-likeness (QED) is 0.765. The zero-order valence-corrected chi connectivity index (χ0v) is 13.8. The van der Waals surface area contributed by atoms with E-state index in [4.69, 9.17) is 15.2 Å². The van der Waals surface area contributed by atoms with Crippen LogP contribution in [0.15, 0.2) is 60.0 Å². The molecule has 1 atom stereocenters. The van der Waals surface area contributed by atoms with E-state index in [1.54, 1.807) is 18.4 Å². The Balaban J connectivity index is 2.03. The Kier molecular flexibility index (Phi) is 3.40. The first-order valence-electron chi connectivity index (χ1n) is 7.46. The fraction of sp³-hybridized carbons (Fsp3) is 0.105. The smallest absolute Gasteiger partial charge is 0.205 e. The van der Waals surface area contributed by atoms with E-state index in [0.29, 0.717) is 5.57 Å². The van der Waals surface area contributed by atoms with Crippen LogP contribution in [0.5, 0.6) is 11.5 Å². The van der Waals surface area contributed by atoms with Crippen LogP contribution in [0.3, 0.4) is 0 Å². The predicted octanol–water partition coefficient (Wildman–Crippen LogP) is 4.13. The zero-order valence-electron chi connectivity index (χ0n) is 12.9. The van der Waals surface area contributed by atoms with E-state index in [9.17, 15) is 5.26 Å². The maximum atomic E-state index is 9.65. The van der Waals surface area contributed by atoms with Crippen LogP contribution in [0.25, 0.3) is 10.1 Å². The highest BCUT2D eigenvalue weighted by atomic mass is 32.1. The van der Waals surface area contributed by atoms with Crippen molar-refractivity contribution < 1.29 is 9.47 Å². The molecule has 1 aromatic heterocycles.